The SMILES string of the molecule is Cc1ccc2c(c1)c(CCN(C)C)cn2S(=O)(=O)c1ccccc1Br. The second kappa shape index (κ2) is 6.94. The number of halogens is 1. The molecule has 1 aromatic heterocycles. The predicted molar refractivity (Wildman–Crippen MR) is 106 cm³/mol. The Labute approximate surface area is 157 Å². The Morgan fingerprint density at radius 3 is 2.52 bits per heavy atom. The van der Waals surface area contributed by atoms with E-state index in [0.717, 1.165) is 35.0 Å². The van der Waals surface area contributed by atoms with Crippen LogP contribution in [0.4, 0.5) is 0 Å². The fourth-order valence-corrected chi connectivity index (χ4v) is 5.24. The van der Waals surface area contributed by atoms with E-state index in [1.54, 1.807) is 24.4 Å². The standard InChI is InChI=1S/C19H21BrN2O2S/c1-14-8-9-18-16(12-14)15(10-11-21(2)3)13-22(18)25(23,24)19-7-5-4-6-17(19)20/h4-9,12-13H,10-11H2,1-3H3. The molecule has 0 amide bonds. The van der Waals surface area contributed by atoms with E-state index in [9.17, 15) is 8.42 Å². The van der Waals surface area contributed by atoms with Gasteiger partial charge in [-0.3, -0.25) is 0 Å². The van der Waals surface area contributed by atoms with Gasteiger partial charge in [0.2, 0.25) is 0 Å². The third-order valence-corrected chi connectivity index (χ3v) is 6.90. The van der Waals surface area contributed by atoms with E-state index in [1.165, 1.54) is 3.97 Å². The molecule has 0 aliphatic rings. The molecule has 0 fully saturated rings. The van der Waals surface area contributed by atoms with Crippen LogP contribution in [0.1, 0.15) is 11.1 Å². The van der Waals surface area contributed by atoms with Crippen LogP contribution >= 0.6 is 15.9 Å². The summed E-state index contributed by atoms with van der Waals surface area (Å²) >= 11 is 3.36. The van der Waals surface area contributed by atoms with Crippen molar-refractivity contribution < 1.29 is 8.42 Å². The number of nitrogens with zero attached hydrogens (tertiary/aromatic N) is 2. The van der Waals surface area contributed by atoms with Crippen LogP contribution in [0.3, 0.4) is 0 Å². The Bertz CT molecular complexity index is 1020. The topological polar surface area (TPSA) is 42.3 Å². The number of hydrogen-bond acceptors (Lipinski definition) is 3. The molecule has 3 rings (SSSR count). The number of likely N-dealkylation sites (N-methyl/N-ethyl adjacent to an activating group) is 1. The molecule has 0 bridgehead atoms. The number of fused-ring (bicyclic) bond motifs is 1. The van der Waals surface area contributed by atoms with Crippen molar-refractivity contribution in [3.05, 3.63) is 64.3 Å². The summed E-state index contributed by atoms with van der Waals surface area (Å²) in [4.78, 5) is 2.37. The van der Waals surface area contributed by atoms with E-state index in [1.807, 2.05) is 39.2 Å². The Kier molecular flexibility index (Phi) is 5.04. The number of benzene rings is 2. The van der Waals surface area contributed by atoms with Crippen LogP contribution in [0.5, 0.6) is 0 Å². The summed E-state index contributed by atoms with van der Waals surface area (Å²) in [6, 6.07) is 12.8. The van der Waals surface area contributed by atoms with E-state index in [2.05, 4.69) is 26.9 Å². The maximum absolute atomic E-state index is 13.2. The Morgan fingerprint density at radius 2 is 1.84 bits per heavy atom. The second-order valence-corrected chi connectivity index (χ2v) is 9.10. The number of aryl methyl sites for hydroxylation is 1. The van der Waals surface area contributed by atoms with Crippen molar-refractivity contribution in [1.82, 2.24) is 8.87 Å². The number of rotatable bonds is 5. The lowest BCUT2D eigenvalue weighted by Crippen LogP contribution is -2.15. The maximum atomic E-state index is 13.2. The van der Waals surface area contributed by atoms with Crippen molar-refractivity contribution in [2.24, 2.45) is 0 Å². The highest BCUT2D eigenvalue weighted by Gasteiger charge is 2.23. The minimum Gasteiger partial charge on any atom is -0.309 e. The Morgan fingerprint density at radius 1 is 1.12 bits per heavy atom. The third-order valence-electron chi connectivity index (χ3n) is 4.21. The largest absolute Gasteiger partial charge is 0.309 e. The summed E-state index contributed by atoms with van der Waals surface area (Å²) in [5, 5.41) is 0.998. The monoisotopic (exact) mass is 420 g/mol. The van der Waals surface area contributed by atoms with Gasteiger partial charge in [-0.1, -0.05) is 23.8 Å². The first-order valence-corrected chi connectivity index (χ1v) is 10.3. The van der Waals surface area contributed by atoms with Crippen LogP contribution in [-0.4, -0.2) is 37.9 Å². The molecule has 4 nitrogen and oxygen atoms in total. The fraction of sp³-hybridized carbons (Fsp3) is 0.263. The molecule has 0 radical (unpaired) electrons. The Balaban J connectivity index is 2.21. The first kappa shape index (κ1) is 18.2. The molecular weight excluding hydrogens is 400 g/mol. The molecular formula is C19H21BrN2O2S. The van der Waals surface area contributed by atoms with Crippen LogP contribution < -0.4 is 0 Å². The minimum absolute atomic E-state index is 0.270. The lowest BCUT2D eigenvalue weighted by molar-refractivity contribution is 0.414. The fourth-order valence-electron chi connectivity index (χ4n) is 2.88. The molecule has 0 saturated heterocycles. The molecule has 0 aliphatic carbocycles. The molecule has 132 valence electrons. The van der Waals surface area contributed by atoms with Gasteiger partial charge in [-0.15, -0.1) is 0 Å². The van der Waals surface area contributed by atoms with Gasteiger partial charge in [0.05, 0.1) is 5.52 Å². The molecule has 0 unspecified atom stereocenters. The number of hydrogen-bond donors (Lipinski definition) is 0. The quantitative estimate of drug-likeness (QED) is 0.624. The molecule has 0 spiro atoms. The van der Waals surface area contributed by atoms with Crippen molar-refractivity contribution in [1.29, 1.82) is 0 Å². The van der Waals surface area contributed by atoms with Gasteiger partial charge in [0.15, 0.2) is 0 Å². The molecule has 6 heteroatoms. The van der Waals surface area contributed by atoms with E-state index in [4.69, 9.17) is 0 Å². The molecule has 0 N–H and O–H groups in total. The average Bonchev–Trinajstić information content (AvgIpc) is 2.91. The Hall–Kier alpha value is -1.63. The van der Waals surface area contributed by atoms with E-state index < -0.39 is 10.0 Å². The van der Waals surface area contributed by atoms with Crippen molar-refractivity contribution in [2.45, 2.75) is 18.2 Å². The first-order chi connectivity index (χ1) is 11.8. The third kappa shape index (κ3) is 3.52. The van der Waals surface area contributed by atoms with Crippen LogP contribution in [-0.2, 0) is 16.4 Å². The van der Waals surface area contributed by atoms with Gasteiger partial charge in [-0.25, -0.2) is 12.4 Å². The molecule has 3 aromatic rings. The van der Waals surface area contributed by atoms with Crippen LogP contribution in [0.15, 0.2) is 58.0 Å². The zero-order valence-electron chi connectivity index (χ0n) is 14.5. The summed E-state index contributed by atoms with van der Waals surface area (Å²) < 4.78 is 28.4. The van der Waals surface area contributed by atoms with Crippen molar-refractivity contribution in [3.8, 4) is 0 Å². The highest BCUT2D eigenvalue weighted by Crippen LogP contribution is 2.30. The zero-order valence-corrected chi connectivity index (χ0v) is 16.9. The van der Waals surface area contributed by atoms with Crippen LogP contribution in [0.2, 0.25) is 0 Å². The second-order valence-electron chi connectivity index (χ2n) is 6.46. The van der Waals surface area contributed by atoms with E-state index in [-0.39, 0.29) is 4.90 Å². The van der Waals surface area contributed by atoms with Gasteiger partial charge in [0, 0.05) is 22.6 Å². The zero-order chi connectivity index (χ0) is 18.2. The molecule has 1 heterocycles. The van der Waals surface area contributed by atoms with Crippen LogP contribution in [0, 0.1) is 6.92 Å². The number of aromatic nitrogens is 1. The first-order valence-electron chi connectivity index (χ1n) is 8.06. The summed E-state index contributed by atoms with van der Waals surface area (Å²) in [7, 11) is 0.362. The van der Waals surface area contributed by atoms with Gasteiger partial charge in [-0.05, 0) is 73.2 Å². The smallest absolute Gasteiger partial charge is 0.269 e. The summed E-state index contributed by atoms with van der Waals surface area (Å²) in [5.41, 5.74) is 2.88. The van der Waals surface area contributed by atoms with E-state index in [0.29, 0.717) is 4.47 Å². The molecule has 2 aromatic carbocycles. The average molecular weight is 421 g/mol. The normalized spacial score (nSPS) is 12.2. The van der Waals surface area contributed by atoms with E-state index >= 15 is 0 Å². The summed E-state index contributed by atoms with van der Waals surface area (Å²) in [5.74, 6) is 0. The highest BCUT2D eigenvalue weighted by molar-refractivity contribution is 9.10. The maximum Gasteiger partial charge on any atom is 0.269 e. The van der Waals surface area contributed by atoms with Crippen molar-refractivity contribution >= 4 is 36.9 Å². The van der Waals surface area contributed by atoms with Gasteiger partial charge >= 0.3 is 0 Å². The molecule has 0 aliphatic heterocycles. The van der Waals surface area contributed by atoms with Gasteiger partial charge < -0.3 is 4.90 Å². The minimum atomic E-state index is -3.67. The summed E-state index contributed by atoms with van der Waals surface area (Å²) in [6.45, 7) is 2.89. The summed E-state index contributed by atoms with van der Waals surface area (Å²) in [6.07, 6.45) is 2.56. The van der Waals surface area contributed by atoms with Gasteiger partial charge in [0.1, 0.15) is 4.90 Å². The lowest BCUT2D eigenvalue weighted by Gasteiger charge is -2.09. The predicted octanol–water partition coefficient (Wildman–Crippen LogP) is 4.05. The van der Waals surface area contributed by atoms with Gasteiger partial charge in [-0.2, -0.15) is 0 Å². The van der Waals surface area contributed by atoms with Crippen LogP contribution in [0.25, 0.3) is 10.9 Å². The highest BCUT2D eigenvalue weighted by atomic mass is 79.9. The molecule has 25 heavy (non-hydrogen) atoms. The van der Waals surface area contributed by atoms with Gasteiger partial charge in [0.25, 0.3) is 10.0 Å². The lowest BCUT2D eigenvalue weighted by atomic mass is 10.1. The molecule has 0 atom stereocenters. The van der Waals surface area contributed by atoms with Crippen molar-refractivity contribution in [2.75, 3.05) is 20.6 Å². The van der Waals surface area contributed by atoms with Crippen molar-refractivity contribution in [3.63, 3.8) is 0 Å². The molecule has 0 saturated carbocycles.